The van der Waals surface area contributed by atoms with Crippen molar-refractivity contribution in [1.82, 2.24) is 15.2 Å². The van der Waals surface area contributed by atoms with E-state index in [1.807, 2.05) is 13.0 Å². The maximum Gasteiger partial charge on any atom is 0.319 e. The van der Waals surface area contributed by atoms with Crippen LogP contribution in [0.3, 0.4) is 0 Å². The molecule has 0 radical (unpaired) electrons. The highest BCUT2D eigenvalue weighted by Gasteiger charge is 2.31. The van der Waals surface area contributed by atoms with Gasteiger partial charge in [-0.05, 0) is 26.3 Å². The molecule has 2 aromatic carbocycles. The number of fused-ring (bicyclic) bond motifs is 3. The van der Waals surface area contributed by atoms with Crippen molar-refractivity contribution in [2.24, 2.45) is 0 Å². The van der Waals surface area contributed by atoms with Gasteiger partial charge in [0.05, 0.1) is 11.6 Å². The predicted octanol–water partition coefficient (Wildman–Crippen LogP) is 7.93. The van der Waals surface area contributed by atoms with E-state index < -0.39 is 6.04 Å². The average Bonchev–Trinajstić information content (AvgIpc) is 3.18. The molecule has 0 saturated carbocycles. The summed E-state index contributed by atoms with van der Waals surface area (Å²) in [4.78, 5) is 25.0. The Kier molecular flexibility index (Phi) is 8.84. The predicted molar refractivity (Wildman–Crippen MR) is 149 cm³/mol. The first kappa shape index (κ1) is 26.0. The second-order valence-electron chi connectivity index (χ2n) is 10.2. The van der Waals surface area contributed by atoms with Gasteiger partial charge in [0.25, 0.3) is 0 Å². The van der Waals surface area contributed by atoms with E-state index in [0.717, 1.165) is 24.0 Å². The topological polar surface area (TPSA) is 63.1 Å². The highest BCUT2D eigenvalue weighted by Crippen LogP contribution is 2.37. The first-order chi connectivity index (χ1) is 17.5. The third kappa shape index (κ3) is 5.66. The fourth-order valence-electron chi connectivity index (χ4n) is 5.75. The van der Waals surface area contributed by atoms with Gasteiger partial charge in [-0.25, -0.2) is 4.79 Å². The van der Waals surface area contributed by atoms with E-state index in [4.69, 9.17) is 0 Å². The van der Waals surface area contributed by atoms with Crippen LogP contribution in [0.1, 0.15) is 96.6 Å². The van der Waals surface area contributed by atoms with Gasteiger partial charge in [-0.2, -0.15) is 0 Å². The molecule has 0 aliphatic carbocycles. The molecule has 2 heterocycles. The van der Waals surface area contributed by atoms with Gasteiger partial charge < -0.3 is 15.2 Å². The molecular formula is C31H41N3O2. The number of nitrogens with zero attached hydrogens (tertiary/aromatic N) is 1. The molecule has 2 N–H and O–H groups in total. The standard InChI is InChI=1S/C31H41N3O2/c1-4-5-6-7-8-9-10-11-12-15-21-34-27-20-14-13-17-24(27)25-18-16-19-26(30(25)34)29-28(23(3)35)22(2)32-31(36)33-29/h13-14,16-20,29H,4-12,15,21H2,1-3H3,(H2,32,33,36). The highest BCUT2D eigenvalue weighted by molar-refractivity contribution is 6.10. The van der Waals surface area contributed by atoms with Gasteiger partial charge in [-0.15, -0.1) is 0 Å². The van der Waals surface area contributed by atoms with E-state index in [9.17, 15) is 9.59 Å². The van der Waals surface area contributed by atoms with Gasteiger partial charge >= 0.3 is 6.03 Å². The zero-order valence-electron chi connectivity index (χ0n) is 22.2. The number of hydrogen-bond acceptors (Lipinski definition) is 2. The third-order valence-electron chi connectivity index (χ3n) is 7.52. The van der Waals surface area contributed by atoms with Crippen molar-refractivity contribution in [2.45, 2.75) is 97.6 Å². The normalized spacial score (nSPS) is 16.0. The molecule has 0 bridgehead atoms. The molecule has 1 aliphatic heterocycles. The summed E-state index contributed by atoms with van der Waals surface area (Å²) in [6.45, 7) is 6.57. The fourth-order valence-corrected chi connectivity index (χ4v) is 5.75. The van der Waals surface area contributed by atoms with E-state index >= 15 is 0 Å². The van der Waals surface area contributed by atoms with Gasteiger partial charge in [-0.1, -0.05) is 101 Å². The number of allylic oxidation sites excluding steroid dienone is 1. The lowest BCUT2D eigenvalue weighted by atomic mass is 9.91. The summed E-state index contributed by atoms with van der Waals surface area (Å²) in [5, 5.41) is 8.18. The number of Topliss-reactive ketones (excluding diaryl/α,β-unsaturated/α-hetero) is 1. The number of urea groups is 1. The van der Waals surface area contributed by atoms with Crippen LogP contribution in [0.25, 0.3) is 21.8 Å². The summed E-state index contributed by atoms with van der Waals surface area (Å²) in [5.41, 5.74) is 4.56. The van der Waals surface area contributed by atoms with Crippen molar-refractivity contribution in [1.29, 1.82) is 0 Å². The van der Waals surface area contributed by atoms with Crippen molar-refractivity contribution in [3.05, 3.63) is 59.3 Å². The van der Waals surface area contributed by atoms with Crippen molar-refractivity contribution < 1.29 is 9.59 Å². The fraction of sp³-hybridized carbons (Fsp3) is 0.484. The van der Waals surface area contributed by atoms with Crippen LogP contribution < -0.4 is 10.6 Å². The van der Waals surface area contributed by atoms with E-state index in [2.05, 4.69) is 58.5 Å². The number of benzene rings is 2. The Labute approximate surface area is 215 Å². The summed E-state index contributed by atoms with van der Waals surface area (Å²) in [5.74, 6) is -0.0284. The Hall–Kier alpha value is -3.08. The summed E-state index contributed by atoms with van der Waals surface area (Å²) in [7, 11) is 0. The van der Waals surface area contributed by atoms with E-state index in [1.54, 1.807) is 6.92 Å². The highest BCUT2D eigenvalue weighted by atomic mass is 16.2. The zero-order valence-corrected chi connectivity index (χ0v) is 22.2. The lowest BCUT2D eigenvalue weighted by molar-refractivity contribution is -0.114. The second-order valence-corrected chi connectivity index (χ2v) is 10.2. The number of carbonyl (C=O) groups is 2. The lowest BCUT2D eigenvalue weighted by Gasteiger charge is -2.29. The number of aryl methyl sites for hydroxylation is 1. The molecule has 0 saturated heterocycles. The first-order valence-corrected chi connectivity index (χ1v) is 13.8. The van der Waals surface area contributed by atoms with Crippen molar-refractivity contribution in [3.8, 4) is 0 Å². The van der Waals surface area contributed by atoms with Crippen LogP contribution in [0.2, 0.25) is 0 Å². The van der Waals surface area contributed by atoms with Gasteiger partial charge in [-0.3, -0.25) is 4.79 Å². The third-order valence-corrected chi connectivity index (χ3v) is 7.52. The number of hydrogen-bond donors (Lipinski definition) is 2. The number of nitrogens with one attached hydrogen (secondary N) is 2. The zero-order chi connectivity index (χ0) is 25.5. The number of amides is 2. The van der Waals surface area contributed by atoms with Crippen molar-refractivity contribution >= 4 is 33.6 Å². The van der Waals surface area contributed by atoms with Crippen LogP contribution >= 0.6 is 0 Å². The van der Waals surface area contributed by atoms with Gasteiger partial charge in [0.2, 0.25) is 0 Å². The smallest absolute Gasteiger partial charge is 0.319 e. The maximum atomic E-state index is 12.6. The van der Waals surface area contributed by atoms with Gasteiger partial charge in [0.15, 0.2) is 5.78 Å². The van der Waals surface area contributed by atoms with E-state index in [1.165, 1.54) is 74.1 Å². The molecule has 5 nitrogen and oxygen atoms in total. The minimum absolute atomic E-state index is 0.0284. The number of ketones is 1. The van der Waals surface area contributed by atoms with Crippen LogP contribution in [0, 0.1) is 0 Å². The van der Waals surface area contributed by atoms with Crippen LogP contribution in [0.5, 0.6) is 0 Å². The molecule has 36 heavy (non-hydrogen) atoms. The number of aromatic nitrogens is 1. The number of rotatable bonds is 13. The molecule has 4 rings (SSSR count). The Balaban J connectivity index is 1.57. The SMILES string of the molecule is CCCCCCCCCCCCn1c2ccccc2c2cccc(C3NC(=O)NC(C)=C3C(C)=O)c21. The monoisotopic (exact) mass is 487 g/mol. The van der Waals surface area contributed by atoms with Crippen LogP contribution in [-0.4, -0.2) is 16.4 Å². The second kappa shape index (κ2) is 12.2. The summed E-state index contributed by atoms with van der Waals surface area (Å²) >= 11 is 0. The molecule has 3 aromatic rings. The molecule has 1 aromatic heterocycles. The molecule has 1 aliphatic rings. The average molecular weight is 488 g/mol. The largest absolute Gasteiger partial charge is 0.340 e. The number of carbonyl (C=O) groups excluding carboxylic acids is 2. The maximum absolute atomic E-state index is 12.6. The van der Waals surface area contributed by atoms with E-state index in [0.29, 0.717) is 11.3 Å². The Morgan fingerprint density at radius 3 is 2.19 bits per heavy atom. The molecule has 0 fully saturated rings. The molecule has 1 atom stereocenters. The molecular weight excluding hydrogens is 446 g/mol. The summed E-state index contributed by atoms with van der Waals surface area (Å²) < 4.78 is 2.41. The molecule has 192 valence electrons. The minimum Gasteiger partial charge on any atom is -0.340 e. The molecule has 0 spiro atoms. The molecule has 5 heteroatoms. The number of unbranched alkanes of at least 4 members (excludes halogenated alkanes) is 9. The van der Waals surface area contributed by atoms with Crippen LogP contribution in [0.15, 0.2) is 53.7 Å². The van der Waals surface area contributed by atoms with Crippen LogP contribution in [0.4, 0.5) is 4.79 Å². The van der Waals surface area contributed by atoms with Gasteiger partial charge in [0.1, 0.15) is 0 Å². The summed E-state index contributed by atoms with van der Waals surface area (Å²) in [6, 6.07) is 14.0. The Morgan fingerprint density at radius 1 is 0.861 bits per heavy atom. The van der Waals surface area contributed by atoms with E-state index in [-0.39, 0.29) is 11.8 Å². The van der Waals surface area contributed by atoms with Crippen molar-refractivity contribution in [3.63, 3.8) is 0 Å². The summed E-state index contributed by atoms with van der Waals surface area (Å²) in [6.07, 6.45) is 13.1. The van der Waals surface area contributed by atoms with Crippen LogP contribution in [-0.2, 0) is 11.3 Å². The Morgan fingerprint density at radius 2 is 1.50 bits per heavy atom. The molecule has 2 amide bonds. The lowest BCUT2D eigenvalue weighted by Crippen LogP contribution is -2.44. The molecule has 1 unspecified atom stereocenters. The Bertz CT molecular complexity index is 1250. The number of para-hydroxylation sites is 2. The van der Waals surface area contributed by atoms with Gasteiger partial charge in [0, 0.05) is 39.7 Å². The van der Waals surface area contributed by atoms with Crippen molar-refractivity contribution in [2.75, 3.05) is 0 Å². The first-order valence-electron chi connectivity index (χ1n) is 13.8. The quantitative estimate of drug-likeness (QED) is 0.240. The minimum atomic E-state index is -0.462.